The standard InChI is InChI=1S/C16H21NO2.ClH/c1-15(2,12-17)13-8-10-16(18,11-9-13)19-14-6-4-3-5-7-14;/h3-10,18H,11-12,17H2,1-2H3;1H. The lowest BCUT2D eigenvalue weighted by molar-refractivity contribution is -0.0923. The molecule has 0 radical (unpaired) electrons. The van der Waals surface area contributed by atoms with Gasteiger partial charge in [0.15, 0.2) is 0 Å². The van der Waals surface area contributed by atoms with Crippen molar-refractivity contribution in [2.24, 2.45) is 11.1 Å². The molecule has 0 spiro atoms. The molecule has 0 saturated carbocycles. The van der Waals surface area contributed by atoms with Gasteiger partial charge < -0.3 is 15.6 Å². The Hall–Kier alpha value is -1.29. The Kier molecular flexibility index (Phi) is 5.40. The van der Waals surface area contributed by atoms with Gasteiger partial charge in [0.25, 0.3) is 0 Å². The quantitative estimate of drug-likeness (QED) is 0.840. The summed E-state index contributed by atoms with van der Waals surface area (Å²) in [5.41, 5.74) is 6.82. The third-order valence-electron chi connectivity index (χ3n) is 3.47. The van der Waals surface area contributed by atoms with E-state index in [2.05, 4.69) is 13.8 Å². The average molecular weight is 296 g/mol. The second-order valence-electron chi connectivity index (χ2n) is 5.54. The predicted molar refractivity (Wildman–Crippen MR) is 83.9 cm³/mol. The molecule has 1 atom stereocenters. The van der Waals surface area contributed by atoms with Crippen LogP contribution in [0.1, 0.15) is 20.3 Å². The zero-order valence-electron chi connectivity index (χ0n) is 11.9. The zero-order valence-corrected chi connectivity index (χ0v) is 12.7. The van der Waals surface area contributed by atoms with Crippen molar-refractivity contribution in [2.45, 2.75) is 26.1 Å². The first-order chi connectivity index (χ1) is 8.95. The summed E-state index contributed by atoms with van der Waals surface area (Å²) in [6, 6.07) is 9.33. The first-order valence-corrected chi connectivity index (χ1v) is 6.52. The molecule has 1 unspecified atom stereocenters. The Balaban J connectivity index is 0.00000200. The maximum Gasteiger partial charge on any atom is 0.231 e. The van der Waals surface area contributed by atoms with Crippen molar-refractivity contribution in [1.29, 1.82) is 0 Å². The monoisotopic (exact) mass is 295 g/mol. The van der Waals surface area contributed by atoms with Crippen LogP contribution in [0.4, 0.5) is 0 Å². The van der Waals surface area contributed by atoms with Gasteiger partial charge in [-0.25, -0.2) is 0 Å². The van der Waals surface area contributed by atoms with E-state index in [1.807, 2.05) is 42.5 Å². The number of hydrogen-bond donors (Lipinski definition) is 2. The van der Waals surface area contributed by atoms with Crippen molar-refractivity contribution in [1.82, 2.24) is 0 Å². The summed E-state index contributed by atoms with van der Waals surface area (Å²) < 4.78 is 5.63. The molecule has 3 N–H and O–H groups in total. The molecular formula is C16H22ClNO2. The van der Waals surface area contributed by atoms with Crippen LogP contribution in [0.3, 0.4) is 0 Å². The minimum Gasteiger partial charge on any atom is -0.459 e. The van der Waals surface area contributed by atoms with Crippen LogP contribution in [-0.2, 0) is 0 Å². The number of ether oxygens (including phenoxy) is 1. The van der Waals surface area contributed by atoms with Crippen molar-refractivity contribution < 1.29 is 9.84 Å². The Morgan fingerprint density at radius 1 is 1.30 bits per heavy atom. The zero-order chi connectivity index (χ0) is 13.9. The van der Waals surface area contributed by atoms with E-state index in [9.17, 15) is 5.11 Å². The Labute approximate surface area is 126 Å². The predicted octanol–water partition coefficient (Wildman–Crippen LogP) is 3.05. The van der Waals surface area contributed by atoms with E-state index in [1.165, 1.54) is 0 Å². The van der Waals surface area contributed by atoms with Crippen LogP contribution < -0.4 is 10.5 Å². The summed E-state index contributed by atoms with van der Waals surface area (Å²) >= 11 is 0. The van der Waals surface area contributed by atoms with E-state index in [4.69, 9.17) is 10.5 Å². The summed E-state index contributed by atoms with van der Waals surface area (Å²) in [6.07, 6.45) is 6.03. The maximum absolute atomic E-state index is 10.4. The van der Waals surface area contributed by atoms with Crippen molar-refractivity contribution >= 4 is 12.4 Å². The fraction of sp³-hybridized carbons (Fsp3) is 0.375. The molecule has 0 aromatic heterocycles. The SMILES string of the molecule is CC(C)(CN)C1=CCC(O)(Oc2ccccc2)C=C1.Cl. The van der Waals surface area contributed by atoms with Crippen molar-refractivity contribution in [3.05, 3.63) is 54.1 Å². The lowest BCUT2D eigenvalue weighted by Crippen LogP contribution is -2.36. The van der Waals surface area contributed by atoms with Gasteiger partial charge in [-0.15, -0.1) is 12.4 Å². The summed E-state index contributed by atoms with van der Waals surface area (Å²) in [7, 11) is 0. The van der Waals surface area contributed by atoms with Gasteiger partial charge in [0.2, 0.25) is 5.79 Å². The van der Waals surface area contributed by atoms with Crippen LogP contribution >= 0.6 is 12.4 Å². The number of halogens is 1. The highest BCUT2D eigenvalue weighted by Gasteiger charge is 2.30. The van der Waals surface area contributed by atoms with E-state index < -0.39 is 5.79 Å². The third-order valence-corrected chi connectivity index (χ3v) is 3.47. The van der Waals surface area contributed by atoms with E-state index in [0.29, 0.717) is 18.7 Å². The molecule has 110 valence electrons. The smallest absolute Gasteiger partial charge is 0.231 e. The molecule has 0 heterocycles. The highest BCUT2D eigenvalue weighted by atomic mass is 35.5. The molecule has 20 heavy (non-hydrogen) atoms. The molecule has 3 nitrogen and oxygen atoms in total. The molecule has 0 amide bonds. The van der Waals surface area contributed by atoms with Crippen molar-refractivity contribution in [3.63, 3.8) is 0 Å². The third kappa shape index (κ3) is 3.85. The number of aliphatic hydroxyl groups is 1. The van der Waals surface area contributed by atoms with E-state index in [1.54, 1.807) is 6.08 Å². The molecule has 1 aliphatic rings. The molecule has 0 fully saturated rings. The van der Waals surface area contributed by atoms with Gasteiger partial charge in [-0.05, 0) is 23.8 Å². The molecule has 0 saturated heterocycles. The molecule has 2 rings (SSSR count). The summed E-state index contributed by atoms with van der Waals surface area (Å²) in [5.74, 6) is -0.611. The van der Waals surface area contributed by atoms with Crippen LogP contribution in [-0.4, -0.2) is 17.4 Å². The van der Waals surface area contributed by atoms with Gasteiger partial charge in [0.1, 0.15) is 5.75 Å². The molecule has 0 aliphatic heterocycles. The molecular weight excluding hydrogens is 274 g/mol. The minimum atomic E-state index is -1.27. The topological polar surface area (TPSA) is 55.5 Å². The van der Waals surface area contributed by atoms with Crippen LogP contribution in [0.15, 0.2) is 54.1 Å². The van der Waals surface area contributed by atoms with Crippen molar-refractivity contribution in [3.8, 4) is 5.75 Å². The van der Waals surface area contributed by atoms with E-state index in [-0.39, 0.29) is 17.8 Å². The normalized spacial score (nSPS) is 21.9. The largest absolute Gasteiger partial charge is 0.459 e. The van der Waals surface area contributed by atoms with Gasteiger partial charge in [-0.3, -0.25) is 0 Å². The second kappa shape index (κ2) is 6.44. The van der Waals surface area contributed by atoms with Crippen LogP contribution in [0.2, 0.25) is 0 Å². The number of allylic oxidation sites excluding steroid dienone is 1. The number of benzene rings is 1. The maximum atomic E-state index is 10.4. The summed E-state index contributed by atoms with van der Waals surface area (Å²) in [4.78, 5) is 0. The Morgan fingerprint density at radius 3 is 2.45 bits per heavy atom. The van der Waals surface area contributed by atoms with Gasteiger partial charge >= 0.3 is 0 Å². The van der Waals surface area contributed by atoms with Gasteiger partial charge in [-0.2, -0.15) is 0 Å². The number of rotatable bonds is 4. The second-order valence-corrected chi connectivity index (χ2v) is 5.54. The molecule has 0 bridgehead atoms. The number of nitrogens with two attached hydrogens (primary N) is 1. The fourth-order valence-electron chi connectivity index (χ4n) is 2.00. The summed E-state index contributed by atoms with van der Waals surface area (Å²) in [5, 5.41) is 10.4. The van der Waals surface area contributed by atoms with E-state index >= 15 is 0 Å². The summed E-state index contributed by atoms with van der Waals surface area (Å²) in [6.45, 7) is 4.75. The average Bonchev–Trinajstić information content (AvgIpc) is 2.40. The number of para-hydroxylation sites is 1. The first kappa shape index (κ1) is 16.8. The van der Waals surface area contributed by atoms with Gasteiger partial charge in [0.05, 0.1) is 0 Å². The minimum absolute atomic E-state index is 0. The lowest BCUT2D eigenvalue weighted by atomic mass is 9.81. The highest BCUT2D eigenvalue weighted by Crippen LogP contribution is 2.33. The van der Waals surface area contributed by atoms with Crippen LogP contribution in [0.25, 0.3) is 0 Å². The Bertz CT molecular complexity index is 496. The molecule has 1 aliphatic carbocycles. The fourth-order valence-corrected chi connectivity index (χ4v) is 2.00. The van der Waals surface area contributed by atoms with Crippen LogP contribution in [0, 0.1) is 5.41 Å². The molecule has 4 heteroatoms. The molecule has 1 aromatic rings. The Morgan fingerprint density at radius 2 is 1.95 bits per heavy atom. The van der Waals surface area contributed by atoms with E-state index in [0.717, 1.165) is 5.57 Å². The highest BCUT2D eigenvalue weighted by molar-refractivity contribution is 5.85. The lowest BCUT2D eigenvalue weighted by Gasteiger charge is -2.32. The van der Waals surface area contributed by atoms with Gasteiger partial charge in [0, 0.05) is 18.4 Å². The van der Waals surface area contributed by atoms with Crippen molar-refractivity contribution in [2.75, 3.05) is 6.54 Å². The van der Waals surface area contributed by atoms with Crippen LogP contribution in [0.5, 0.6) is 5.75 Å². The van der Waals surface area contributed by atoms with Gasteiger partial charge in [-0.1, -0.05) is 44.2 Å². The molecule has 1 aromatic carbocycles. The number of hydrogen-bond acceptors (Lipinski definition) is 3. The first-order valence-electron chi connectivity index (χ1n) is 6.52.